The number of furan rings is 1. The van der Waals surface area contributed by atoms with Crippen LogP contribution in [0.4, 0.5) is 5.69 Å². The van der Waals surface area contributed by atoms with Crippen LogP contribution in [-0.2, 0) is 9.53 Å². The van der Waals surface area contributed by atoms with E-state index in [1.807, 2.05) is 6.92 Å². The van der Waals surface area contributed by atoms with Gasteiger partial charge >= 0.3 is 5.97 Å². The van der Waals surface area contributed by atoms with E-state index in [0.717, 1.165) is 11.3 Å². The molecule has 6 heteroatoms. The van der Waals surface area contributed by atoms with Gasteiger partial charge in [-0.25, -0.2) is 4.79 Å². The number of carbonyl (C=O) groups is 2. The Morgan fingerprint density at radius 2 is 1.76 bits per heavy atom. The second-order valence-corrected chi connectivity index (χ2v) is 5.71. The molecule has 6 nitrogen and oxygen atoms in total. The summed E-state index contributed by atoms with van der Waals surface area (Å²) < 4.78 is 16.0. The molecule has 0 unspecified atom stereocenters. The topological polar surface area (TPSA) is 77.8 Å². The van der Waals surface area contributed by atoms with Crippen molar-refractivity contribution in [3.05, 3.63) is 46.9 Å². The summed E-state index contributed by atoms with van der Waals surface area (Å²) in [7, 11) is 0. The van der Waals surface area contributed by atoms with E-state index in [-0.39, 0.29) is 0 Å². The first-order valence-electron chi connectivity index (χ1n) is 8.14. The molecule has 1 N–H and O–H groups in total. The van der Waals surface area contributed by atoms with Gasteiger partial charge in [-0.1, -0.05) is 0 Å². The smallest absolute Gasteiger partial charge is 0.342 e. The van der Waals surface area contributed by atoms with E-state index in [9.17, 15) is 9.59 Å². The minimum Gasteiger partial charge on any atom is -0.494 e. The van der Waals surface area contributed by atoms with Crippen LogP contribution in [-0.4, -0.2) is 24.6 Å². The van der Waals surface area contributed by atoms with E-state index >= 15 is 0 Å². The second-order valence-electron chi connectivity index (χ2n) is 5.71. The number of esters is 1. The summed E-state index contributed by atoms with van der Waals surface area (Å²) in [6.45, 7) is 9.26. The summed E-state index contributed by atoms with van der Waals surface area (Å²) in [5.74, 6) is 0.894. The molecule has 0 aliphatic heterocycles. The number of anilines is 1. The summed E-state index contributed by atoms with van der Waals surface area (Å²) in [5, 5.41) is 2.71. The Hall–Kier alpha value is -2.76. The summed E-state index contributed by atoms with van der Waals surface area (Å²) in [4.78, 5) is 24.5. The van der Waals surface area contributed by atoms with E-state index in [1.165, 1.54) is 6.92 Å². The van der Waals surface area contributed by atoms with Crippen molar-refractivity contribution in [3.8, 4) is 5.75 Å². The number of rotatable bonds is 6. The zero-order chi connectivity index (χ0) is 18.6. The number of amides is 1. The first kappa shape index (κ1) is 18.6. The summed E-state index contributed by atoms with van der Waals surface area (Å²) in [5.41, 5.74) is 1.70. The van der Waals surface area contributed by atoms with Gasteiger partial charge in [0.25, 0.3) is 5.91 Å². The molecular formula is C19H23NO5. The van der Waals surface area contributed by atoms with E-state index in [4.69, 9.17) is 13.9 Å². The van der Waals surface area contributed by atoms with Crippen molar-refractivity contribution in [2.75, 3.05) is 11.9 Å². The zero-order valence-corrected chi connectivity index (χ0v) is 15.1. The van der Waals surface area contributed by atoms with Crippen LogP contribution in [0.2, 0.25) is 0 Å². The van der Waals surface area contributed by atoms with Crippen molar-refractivity contribution < 1.29 is 23.5 Å². The predicted octanol–water partition coefficient (Wildman–Crippen LogP) is 3.79. The maximum Gasteiger partial charge on any atom is 0.342 e. The molecule has 0 saturated heterocycles. The van der Waals surface area contributed by atoms with E-state index in [0.29, 0.717) is 29.4 Å². The highest BCUT2D eigenvalue weighted by molar-refractivity contribution is 5.98. The van der Waals surface area contributed by atoms with Gasteiger partial charge in [0.1, 0.15) is 22.8 Å². The summed E-state index contributed by atoms with van der Waals surface area (Å²) in [6, 6.07) is 6.98. The average molecular weight is 345 g/mol. The van der Waals surface area contributed by atoms with Gasteiger partial charge in [0.05, 0.1) is 6.61 Å². The van der Waals surface area contributed by atoms with Gasteiger partial charge < -0.3 is 19.2 Å². The lowest BCUT2D eigenvalue weighted by atomic mass is 10.1. The van der Waals surface area contributed by atoms with E-state index in [2.05, 4.69) is 5.32 Å². The minimum atomic E-state index is -0.937. The Bertz CT molecular complexity index is 761. The SMILES string of the molecule is CCOc1ccc(NC(=O)[C@@H](C)OC(=O)c2c(C)oc(C)c2C)cc1. The molecule has 1 amide bonds. The molecule has 134 valence electrons. The highest BCUT2D eigenvalue weighted by Crippen LogP contribution is 2.22. The van der Waals surface area contributed by atoms with Crippen molar-refractivity contribution >= 4 is 17.6 Å². The fourth-order valence-electron chi connectivity index (χ4n) is 2.41. The third-order valence-electron chi connectivity index (χ3n) is 3.85. The highest BCUT2D eigenvalue weighted by atomic mass is 16.5. The molecule has 0 saturated carbocycles. The number of hydrogen-bond donors (Lipinski definition) is 1. The van der Waals surface area contributed by atoms with Crippen LogP contribution in [0.1, 0.15) is 41.3 Å². The van der Waals surface area contributed by atoms with Gasteiger partial charge in [0.2, 0.25) is 0 Å². The summed E-state index contributed by atoms with van der Waals surface area (Å²) >= 11 is 0. The molecule has 0 aliphatic rings. The van der Waals surface area contributed by atoms with Crippen LogP contribution in [0.3, 0.4) is 0 Å². The van der Waals surface area contributed by atoms with Crippen molar-refractivity contribution in [1.29, 1.82) is 0 Å². The van der Waals surface area contributed by atoms with Crippen LogP contribution in [0.5, 0.6) is 5.75 Å². The monoisotopic (exact) mass is 345 g/mol. The predicted molar refractivity (Wildman–Crippen MR) is 94.0 cm³/mol. The Morgan fingerprint density at radius 3 is 2.28 bits per heavy atom. The molecular weight excluding hydrogens is 322 g/mol. The number of ether oxygens (including phenoxy) is 2. The lowest BCUT2D eigenvalue weighted by Crippen LogP contribution is -2.30. The molecule has 0 spiro atoms. The van der Waals surface area contributed by atoms with E-state index < -0.39 is 18.0 Å². The maximum atomic E-state index is 12.3. The first-order chi connectivity index (χ1) is 11.8. The number of nitrogens with one attached hydrogen (secondary N) is 1. The Morgan fingerprint density at radius 1 is 1.12 bits per heavy atom. The van der Waals surface area contributed by atoms with Crippen molar-refractivity contribution in [2.45, 2.75) is 40.7 Å². The van der Waals surface area contributed by atoms with Crippen molar-refractivity contribution in [1.82, 2.24) is 0 Å². The van der Waals surface area contributed by atoms with Gasteiger partial charge in [-0.2, -0.15) is 0 Å². The minimum absolute atomic E-state index is 0.373. The lowest BCUT2D eigenvalue weighted by molar-refractivity contribution is -0.123. The molecule has 2 rings (SSSR count). The lowest BCUT2D eigenvalue weighted by Gasteiger charge is -2.14. The second kappa shape index (κ2) is 7.88. The van der Waals surface area contributed by atoms with Crippen LogP contribution in [0, 0.1) is 20.8 Å². The third-order valence-corrected chi connectivity index (χ3v) is 3.85. The van der Waals surface area contributed by atoms with E-state index in [1.54, 1.807) is 45.0 Å². The molecule has 1 heterocycles. The highest BCUT2D eigenvalue weighted by Gasteiger charge is 2.24. The first-order valence-corrected chi connectivity index (χ1v) is 8.14. The molecule has 0 aliphatic carbocycles. The van der Waals surface area contributed by atoms with Crippen molar-refractivity contribution in [3.63, 3.8) is 0 Å². The normalized spacial score (nSPS) is 11.7. The van der Waals surface area contributed by atoms with Gasteiger partial charge in [0.15, 0.2) is 6.10 Å². The van der Waals surface area contributed by atoms with Gasteiger partial charge in [-0.3, -0.25) is 4.79 Å². The van der Waals surface area contributed by atoms with Gasteiger partial charge in [0, 0.05) is 11.3 Å². The number of aryl methyl sites for hydroxylation is 2. The van der Waals surface area contributed by atoms with Crippen LogP contribution >= 0.6 is 0 Å². The maximum absolute atomic E-state index is 12.3. The Balaban J connectivity index is 1.98. The molecule has 0 radical (unpaired) electrons. The summed E-state index contributed by atoms with van der Waals surface area (Å²) in [6.07, 6.45) is -0.937. The molecule has 1 atom stereocenters. The number of carbonyl (C=O) groups excluding carboxylic acids is 2. The quantitative estimate of drug-likeness (QED) is 0.806. The molecule has 25 heavy (non-hydrogen) atoms. The van der Waals surface area contributed by atoms with Crippen LogP contribution in [0.25, 0.3) is 0 Å². The van der Waals surface area contributed by atoms with Crippen molar-refractivity contribution in [2.24, 2.45) is 0 Å². The Kier molecular flexibility index (Phi) is 5.85. The fraction of sp³-hybridized carbons (Fsp3) is 0.368. The number of benzene rings is 1. The van der Waals surface area contributed by atoms with Gasteiger partial charge in [-0.05, 0) is 58.9 Å². The molecule has 0 bridgehead atoms. The molecule has 0 fully saturated rings. The average Bonchev–Trinajstić information content (AvgIpc) is 2.82. The zero-order valence-electron chi connectivity index (χ0n) is 15.1. The van der Waals surface area contributed by atoms with Crippen LogP contribution in [0.15, 0.2) is 28.7 Å². The fourth-order valence-corrected chi connectivity index (χ4v) is 2.41. The molecule has 1 aromatic heterocycles. The standard InChI is InChI=1S/C19H23NO5/c1-6-23-16-9-7-15(8-10-16)20-18(21)14(5)25-19(22)17-11(2)12(3)24-13(17)4/h7-10,14H,6H2,1-5H3,(H,20,21)/t14-/m1/s1. The third kappa shape index (κ3) is 4.41. The van der Waals surface area contributed by atoms with Crippen LogP contribution < -0.4 is 10.1 Å². The van der Waals surface area contributed by atoms with Gasteiger partial charge in [-0.15, -0.1) is 0 Å². The largest absolute Gasteiger partial charge is 0.494 e. The Labute approximate surface area is 147 Å². The number of hydrogen-bond acceptors (Lipinski definition) is 5. The molecule has 1 aromatic carbocycles. The molecule has 2 aromatic rings.